The van der Waals surface area contributed by atoms with Gasteiger partial charge in [-0.1, -0.05) is 13.8 Å². The molecule has 0 aliphatic carbocycles. The van der Waals surface area contributed by atoms with E-state index in [2.05, 4.69) is 21.0 Å². The molecule has 0 radical (unpaired) electrons. The van der Waals surface area contributed by atoms with Gasteiger partial charge in [0.2, 0.25) is 0 Å². The highest BCUT2D eigenvalue weighted by molar-refractivity contribution is 9.10. The lowest BCUT2D eigenvalue weighted by Crippen LogP contribution is -2.34. The first-order valence-electron chi connectivity index (χ1n) is 4.90. The zero-order valence-corrected chi connectivity index (χ0v) is 10.8. The normalized spacial score (nSPS) is 11.8. The van der Waals surface area contributed by atoms with Crippen molar-refractivity contribution in [2.75, 3.05) is 6.54 Å². The number of aromatic nitrogens is 2. The van der Waals surface area contributed by atoms with Gasteiger partial charge >= 0.3 is 0 Å². The van der Waals surface area contributed by atoms with Gasteiger partial charge in [-0.3, -0.25) is 9.48 Å². The molecule has 4 nitrogen and oxygen atoms in total. The minimum Gasteiger partial charge on any atom is -0.329 e. The molecule has 0 saturated heterocycles. The average molecular weight is 274 g/mol. The zero-order valence-electron chi connectivity index (χ0n) is 9.25. The lowest BCUT2D eigenvalue weighted by Gasteiger charge is -2.21. The van der Waals surface area contributed by atoms with Crippen LogP contribution in [-0.2, 0) is 6.54 Å². The second-order valence-corrected chi connectivity index (χ2v) is 4.93. The first kappa shape index (κ1) is 12.4. The van der Waals surface area contributed by atoms with Gasteiger partial charge in [0.1, 0.15) is 5.69 Å². The van der Waals surface area contributed by atoms with E-state index < -0.39 is 5.41 Å². The number of nitrogens with zero attached hydrogens (tertiary/aromatic N) is 2. The summed E-state index contributed by atoms with van der Waals surface area (Å²) < 4.78 is 2.42. The number of carbonyl (C=O) groups is 1. The molecule has 0 unspecified atom stereocenters. The molecule has 0 aromatic carbocycles. The van der Waals surface area contributed by atoms with E-state index in [1.54, 1.807) is 10.9 Å². The van der Waals surface area contributed by atoms with Crippen LogP contribution in [0.1, 0.15) is 31.3 Å². The van der Waals surface area contributed by atoms with Crippen LogP contribution in [0.2, 0.25) is 0 Å². The third-order valence-electron chi connectivity index (χ3n) is 2.43. The summed E-state index contributed by atoms with van der Waals surface area (Å²) in [6, 6.07) is 0. The molecule has 1 aromatic rings. The van der Waals surface area contributed by atoms with Crippen LogP contribution in [0.4, 0.5) is 0 Å². The molecule has 1 heterocycles. The summed E-state index contributed by atoms with van der Waals surface area (Å²) >= 11 is 3.34. The monoisotopic (exact) mass is 273 g/mol. The van der Waals surface area contributed by atoms with E-state index in [1.807, 2.05) is 20.8 Å². The fourth-order valence-corrected chi connectivity index (χ4v) is 1.72. The third-order valence-corrected chi connectivity index (χ3v) is 3.01. The van der Waals surface area contributed by atoms with Gasteiger partial charge in [-0.2, -0.15) is 5.10 Å². The van der Waals surface area contributed by atoms with Crippen molar-refractivity contribution in [1.29, 1.82) is 0 Å². The average Bonchev–Trinajstić information content (AvgIpc) is 2.58. The van der Waals surface area contributed by atoms with Crippen LogP contribution < -0.4 is 5.73 Å². The molecular formula is C10H16BrN3O. The quantitative estimate of drug-likeness (QED) is 0.852. The van der Waals surface area contributed by atoms with Gasteiger partial charge in [-0.05, 0) is 22.9 Å². The molecule has 0 fully saturated rings. The number of hydrogen-bond acceptors (Lipinski definition) is 3. The van der Waals surface area contributed by atoms with Crippen LogP contribution in [0, 0.1) is 5.41 Å². The summed E-state index contributed by atoms with van der Waals surface area (Å²) in [7, 11) is 0. The molecule has 1 rings (SSSR count). The number of hydrogen-bond donors (Lipinski definition) is 1. The number of rotatable bonds is 4. The molecule has 0 spiro atoms. The van der Waals surface area contributed by atoms with Crippen molar-refractivity contribution in [2.45, 2.75) is 27.3 Å². The second-order valence-electron chi connectivity index (χ2n) is 4.07. The summed E-state index contributed by atoms with van der Waals surface area (Å²) in [6.45, 7) is 6.63. The minimum absolute atomic E-state index is 0.0243. The van der Waals surface area contributed by atoms with Gasteiger partial charge in [0, 0.05) is 18.5 Å². The van der Waals surface area contributed by atoms with Gasteiger partial charge in [0.25, 0.3) is 0 Å². The van der Waals surface area contributed by atoms with Crippen molar-refractivity contribution >= 4 is 21.7 Å². The first-order chi connectivity index (χ1) is 6.94. The maximum absolute atomic E-state index is 12.2. The Kier molecular flexibility index (Phi) is 3.67. The van der Waals surface area contributed by atoms with Crippen LogP contribution >= 0.6 is 15.9 Å². The number of Topliss-reactive ketones (excluding diaryl/α,β-unsaturated/α-hetero) is 1. The van der Waals surface area contributed by atoms with Crippen LogP contribution in [0.3, 0.4) is 0 Å². The number of carbonyl (C=O) groups excluding carboxylic acids is 1. The van der Waals surface area contributed by atoms with E-state index in [1.165, 1.54) is 0 Å². The molecule has 15 heavy (non-hydrogen) atoms. The van der Waals surface area contributed by atoms with Crippen LogP contribution in [0.5, 0.6) is 0 Å². The fourth-order valence-electron chi connectivity index (χ4n) is 1.24. The molecule has 0 saturated carbocycles. The minimum atomic E-state index is -0.546. The van der Waals surface area contributed by atoms with Crippen molar-refractivity contribution in [3.05, 3.63) is 16.4 Å². The predicted molar refractivity (Wildman–Crippen MR) is 62.8 cm³/mol. The molecule has 0 aliphatic heterocycles. The lowest BCUT2D eigenvalue weighted by atomic mass is 9.86. The van der Waals surface area contributed by atoms with E-state index in [0.717, 1.165) is 4.47 Å². The number of aryl methyl sites for hydroxylation is 1. The maximum atomic E-state index is 12.2. The lowest BCUT2D eigenvalue weighted by molar-refractivity contribution is 0.0835. The Balaban J connectivity index is 3.16. The van der Waals surface area contributed by atoms with Crippen molar-refractivity contribution in [3.63, 3.8) is 0 Å². The van der Waals surface area contributed by atoms with Gasteiger partial charge in [0.05, 0.1) is 10.7 Å². The number of halogens is 1. The summed E-state index contributed by atoms with van der Waals surface area (Å²) in [5.74, 6) is 0.0243. The smallest absolute Gasteiger partial charge is 0.188 e. The van der Waals surface area contributed by atoms with Crippen LogP contribution in [-0.4, -0.2) is 22.1 Å². The van der Waals surface area contributed by atoms with E-state index in [0.29, 0.717) is 18.8 Å². The SMILES string of the molecule is CCn1ncc(Br)c1C(=O)C(C)(C)CN. The van der Waals surface area contributed by atoms with Gasteiger partial charge in [0.15, 0.2) is 5.78 Å². The summed E-state index contributed by atoms with van der Waals surface area (Å²) in [5.41, 5.74) is 5.65. The van der Waals surface area contributed by atoms with Crippen molar-refractivity contribution < 1.29 is 4.79 Å². The van der Waals surface area contributed by atoms with Gasteiger partial charge < -0.3 is 5.73 Å². The zero-order chi connectivity index (χ0) is 11.6. The highest BCUT2D eigenvalue weighted by Gasteiger charge is 2.31. The summed E-state index contributed by atoms with van der Waals surface area (Å²) in [5, 5.41) is 4.11. The number of nitrogens with two attached hydrogens (primary N) is 1. The molecular weight excluding hydrogens is 258 g/mol. The van der Waals surface area contributed by atoms with Crippen molar-refractivity contribution in [2.24, 2.45) is 11.1 Å². The Hall–Kier alpha value is -0.680. The van der Waals surface area contributed by atoms with E-state index in [-0.39, 0.29) is 5.78 Å². The molecule has 2 N–H and O–H groups in total. The first-order valence-corrected chi connectivity index (χ1v) is 5.69. The molecule has 0 amide bonds. The Morgan fingerprint density at radius 2 is 2.27 bits per heavy atom. The maximum Gasteiger partial charge on any atom is 0.188 e. The largest absolute Gasteiger partial charge is 0.329 e. The summed E-state index contributed by atoms with van der Waals surface area (Å²) in [6.07, 6.45) is 1.64. The van der Waals surface area contributed by atoms with E-state index in [9.17, 15) is 4.79 Å². The van der Waals surface area contributed by atoms with Gasteiger partial charge in [-0.25, -0.2) is 0 Å². The molecule has 0 aliphatic rings. The Morgan fingerprint density at radius 1 is 1.67 bits per heavy atom. The molecule has 84 valence electrons. The second kappa shape index (κ2) is 4.45. The predicted octanol–water partition coefficient (Wildman–Crippen LogP) is 1.83. The Labute approximate surface area is 98.0 Å². The van der Waals surface area contributed by atoms with Crippen molar-refractivity contribution in [1.82, 2.24) is 9.78 Å². The fraction of sp³-hybridized carbons (Fsp3) is 0.600. The van der Waals surface area contributed by atoms with Crippen molar-refractivity contribution in [3.8, 4) is 0 Å². The molecule has 5 heteroatoms. The number of ketones is 1. The topological polar surface area (TPSA) is 60.9 Å². The summed E-state index contributed by atoms with van der Waals surface area (Å²) in [4.78, 5) is 12.2. The van der Waals surface area contributed by atoms with Crippen LogP contribution in [0.25, 0.3) is 0 Å². The standard InChI is InChI=1S/C10H16BrN3O/c1-4-14-8(7(11)5-13-14)9(15)10(2,3)6-12/h5H,4,6,12H2,1-3H3. The third kappa shape index (κ3) is 2.29. The Bertz CT molecular complexity index is 371. The molecule has 0 atom stereocenters. The highest BCUT2D eigenvalue weighted by atomic mass is 79.9. The van der Waals surface area contributed by atoms with Crippen LogP contribution in [0.15, 0.2) is 10.7 Å². The molecule has 0 bridgehead atoms. The molecule has 1 aromatic heterocycles. The Morgan fingerprint density at radius 3 is 2.73 bits per heavy atom. The van der Waals surface area contributed by atoms with E-state index in [4.69, 9.17) is 5.73 Å². The van der Waals surface area contributed by atoms with Gasteiger partial charge in [-0.15, -0.1) is 0 Å². The van der Waals surface area contributed by atoms with E-state index >= 15 is 0 Å². The highest BCUT2D eigenvalue weighted by Crippen LogP contribution is 2.25.